The van der Waals surface area contributed by atoms with Crippen molar-refractivity contribution in [2.45, 2.75) is 13.5 Å². The van der Waals surface area contributed by atoms with Gasteiger partial charge in [-0.15, -0.1) is 0 Å². The fraction of sp³-hybridized carbons (Fsp3) is 0.429. The van der Waals surface area contributed by atoms with Gasteiger partial charge in [0.2, 0.25) is 11.7 Å². The molecule has 23 heavy (non-hydrogen) atoms. The molecular weight excluding hydrogens is 305 g/mol. The third kappa shape index (κ3) is 3.29. The molecule has 1 aromatic carbocycles. The Morgan fingerprint density at radius 3 is 2.70 bits per heavy atom. The van der Waals surface area contributed by atoms with E-state index in [1.165, 1.54) is 6.07 Å². The molecule has 1 aliphatic rings. The highest BCUT2D eigenvalue weighted by molar-refractivity contribution is 5.64. The normalized spacial score (nSPS) is 15.8. The fourth-order valence-corrected chi connectivity index (χ4v) is 2.68. The number of anilines is 1. The van der Waals surface area contributed by atoms with Crippen LogP contribution in [-0.4, -0.2) is 46.1 Å². The van der Waals surface area contributed by atoms with Crippen LogP contribution in [0.15, 0.2) is 22.7 Å². The Labute approximate surface area is 131 Å². The quantitative estimate of drug-likeness (QED) is 0.626. The SMILES string of the molecule is Cc1noc(CN2CCN(c3cccc(F)c3[N+](=O)[O-])CC2)n1. The summed E-state index contributed by atoms with van der Waals surface area (Å²) in [5, 5.41) is 14.8. The van der Waals surface area contributed by atoms with E-state index < -0.39 is 16.4 Å². The lowest BCUT2D eigenvalue weighted by Crippen LogP contribution is -2.46. The summed E-state index contributed by atoms with van der Waals surface area (Å²) < 4.78 is 18.8. The van der Waals surface area contributed by atoms with Gasteiger partial charge in [-0.1, -0.05) is 11.2 Å². The number of piperazine rings is 1. The van der Waals surface area contributed by atoms with Crippen molar-refractivity contribution >= 4 is 11.4 Å². The van der Waals surface area contributed by atoms with Crippen molar-refractivity contribution in [2.24, 2.45) is 0 Å². The Hall–Kier alpha value is -2.55. The first-order valence-corrected chi connectivity index (χ1v) is 7.24. The number of aryl methyl sites for hydroxylation is 1. The second-order valence-corrected chi connectivity index (χ2v) is 5.36. The summed E-state index contributed by atoms with van der Waals surface area (Å²) in [6.45, 7) is 4.78. The van der Waals surface area contributed by atoms with E-state index in [-0.39, 0.29) is 0 Å². The summed E-state index contributed by atoms with van der Waals surface area (Å²) in [6, 6.07) is 4.18. The first kappa shape index (κ1) is 15.3. The zero-order chi connectivity index (χ0) is 16.4. The minimum atomic E-state index is -0.809. The standard InChI is InChI=1S/C14H16FN5O3/c1-10-16-13(23-17-10)9-18-5-7-19(8-6-18)12-4-2-3-11(15)14(12)20(21)22/h2-4H,5-9H2,1H3. The number of rotatable bonds is 4. The number of para-hydroxylation sites is 1. The molecule has 0 spiro atoms. The number of hydrogen-bond acceptors (Lipinski definition) is 7. The molecule has 0 bridgehead atoms. The van der Waals surface area contributed by atoms with Crippen LogP contribution in [0.25, 0.3) is 0 Å². The van der Waals surface area contributed by atoms with E-state index in [0.717, 1.165) is 6.07 Å². The number of benzene rings is 1. The summed E-state index contributed by atoms with van der Waals surface area (Å²) >= 11 is 0. The van der Waals surface area contributed by atoms with Gasteiger partial charge in [-0.05, 0) is 19.1 Å². The highest BCUT2D eigenvalue weighted by atomic mass is 19.1. The second kappa shape index (κ2) is 6.29. The molecule has 9 heteroatoms. The minimum absolute atomic E-state index is 0.322. The first-order valence-electron chi connectivity index (χ1n) is 7.24. The van der Waals surface area contributed by atoms with Crippen molar-refractivity contribution in [1.29, 1.82) is 0 Å². The molecule has 0 atom stereocenters. The smallest absolute Gasteiger partial charge is 0.327 e. The van der Waals surface area contributed by atoms with Crippen LogP contribution in [0, 0.1) is 22.9 Å². The molecule has 0 amide bonds. The van der Waals surface area contributed by atoms with Crippen LogP contribution in [0.5, 0.6) is 0 Å². The van der Waals surface area contributed by atoms with Crippen LogP contribution < -0.4 is 4.90 Å². The summed E-state index contributed by atoms with van der Waals surface area (Å²) in [5.41, 5.74) is -0.142. The Bertz CT molecular complexity index is 712. The molecule has 1 aromatic heterocycles. The lowest BCUT2D eigenvalue weighted by Gasteiger charge is -2.35. The van der Waals surface area contributed by atoms with E-state index in [9.17, 15) is 14.5 Å². The van der Waals surface area contributed by atoms with Gasteiger partial charge in [0.05, 0.1) is 11.5 Å². The van der Waals surface area contributed by atoms with Gasteiger partial charge in [0.1, 0.15) is 5.69 Å². The molecule has 1 fully saturated rings. The summed E-state index contributed by atoms with van der Waals surface area (Å²) in [7, 11) is 0. The maximum Gasteiger partial charge on any atom is 0.327 e. The van der Waals surface area contributed by atoms with Crippen molar-refractivity contribution in [1.82, 2.24) is 15.0 Å². The molecule has 122 valence electrons. The number of nitrogens with zero attached hydrogens (tertiary/aromatic N) is 5. The first-order chi connectivity index (χ1) is 11.0. The predicted molar refractivity (Wildman–Crippen MR) is 79.6 cm³/mol. The van der Waals surface area contributed by atoms with E-state index in [1.54, 1.807) is 13.0 Å². The zero-order valence-electron chi connectivity index (χ0n) is 12.6. The fourth-order valence-electron chi connectivity index (χ4n) is 2.68. The van der Waals surface area contributed by atoms with Crippen molar-refractivity contribution < 1.29 is 13.8 Å². The zero-order valence-corrected chi connectivity index (χ0v) is 12.6. The summed E-state index contributed by atoms with van der Waals surface area (Å²) in [5.74, 6) is 0.331. The van der Waals surface area contributed by atoms with Gasteiger partial charge >= 0.3 is 5.69 Å². The molecule has 2 heterocycles. The van der Waals surface area contributed by atoms with Crippen LogP contribution in [0.3, 0.4) is 0 Å². The number of nitro benzene ring substituents is 1. The van der Waals surface area contributed by atoms with E-state index >= 15 is 0 Å². The lowest BCUT2D eigenvalue weighted by atomic mass is 10.2. The predicted octanol–water partition coefficient (Wildman–Crippen LogP) is 1.75. The monoisotopic (exact) mass is 321 g/mol. The molecule has 1 aliphatic heterocycles. The average Bonchev–Trinajstić information content (AvgIpc) is 2.92. The molecule has 0 radical (unpaired) electrons. The van der Waals surface area contributed by atoms with Crippen LogP contribution in [-0.2, 0) is 6.54 Å². The maximum atomic E-state index is 13.7. The summed E-state index contributed by atoms with van der Waals surface area (Å²) in [4.78, 5) is 18.5. The third-order valence-electron chi connectivity index (χ3n) is 3.79. The number of halogens is 1. The molecule has 2 aromatic rings. The average molecular weight is 321 g/mol. The largest absolute Gasteiger partial charge is 0.363 e. The van der Waals surface area contributed by atoms with E-state index in [2.05, 4.69) is 15.0 Å². The van der Waals surface area contributed by atoms with Crippen LogP contribution in [0.1, 0.15) is 11.7 Å². The number of aromatic nitrogens is 2. The van der Waals surface area contributed by atoms with Crippen molar-refractivity contribution in [3.05, 3.63) is 45.8 Å². The number of nitro groups is 1. The Morgan fingerprint density at radius 2 is 2.09 bits per heavy atom. The van der Waals surface area contributed by atoms with E-state index in [1.807, 2.05) is 4.90 Å². The van der Waals surface area contributed by atoms with E-state index in [4.69, 9.17) is 4.52 Å². The highest BCUT2D eigenvalue weighted by Gasteiger charge is 2.27. The van der Waals surface area contributed by atoms with Gasteiger partial charge in [0.15, 0.2) is 5.82 Å². The Kier molecular flexibility index (Phi) is 4.20. The highest BCUT2D eigenvalue weighted by Crippen LogP contribution is 2.31. The van der Waals surface area contributed by atoms with Gasteiger partial charge in [-0.2, -0.15) is 9.37 Å². The topological polar surface area (TPSA) is 88.5 Å². The van der Waals surface area contributed by atoms with Crippen LogP contribution >= 0.6 is 0 Å². The second-order valence-electron chi connectivity index (χ2n) is 5.36. The van der Waals surface area contributed by atoms with Gasteiger partial charge in [-0.3, -0.25) is 15.0 Å². The van der Waals surface area contributed by atoms with Crippen molar-refractivity contribution in [3.8, 4) is 0 Å². The molecule has 3 rings (SSSR count). The van der Waals surface area contributed by atoms with Gasteiger partial charge in [0, 0.05) is 26.2 Å². The Balaban J connectivity index is 1.67. The molecule has 0 N–H and O–H groups in total. The third-order valence-corrected chi connectivity index (χ3v) is 3.79. The minimum Gasteiger partial charge on any atom is -0.363 e. The number of hydrogen-bond donors (Lipinski definition) is 0. The van der Waals surface area contributed by atoms with Crippen molar-refractivity contribution in [2.75, 3.05) is 31.1 Å². The lowest BCUT2D eigenvalue weighted by molar-refractivity contribution is -0.386. The maximum absolute atomic E-state index is 13.7. The van der Waals surface area contributed by atoms with E-state index in [0.29, 0.717) is 50.1 Å². The van der Waals surface area contributed by atoms with Gasteiger partial charge in [-0.25, -0.2) is 0 Å². The van der Waals surface area contributed by atoms with Crippen molar-refractivity contribution in [3.63, 3.8) is 0 Å². The molecule has 8 nitrogen and oxygen atoms in total. The molecule has 0 unspecified atom stereocenters. The van der Waals surface area contributed by atoms with Crippen LogP contribution in [0.2, 0.25) is 0 Å². The Morgan fingerprint density at radius 1 is 1.35 bits per heavy atom. The molecular formula is C14H16FN5O3. The van der Waals surface area contributed by atoms with Gasteiger partial charge < -0.3 is 9.42 Å². The van der Waals surface area contributed by atoms with Crippen LogP contribution in [0.4, 0.5) is 15.8 Å². The molecule has 0 saturated carbocycles. The summed E-state index contributed by atoms with van der Waals surface area (Å²) in [6.07, 6.45) is 0. The molecule has 0 aliphatic carbocycles. The molecule has 1 saturated heterocycles. The van der Waals surface area contributed by atoms with Gasteiger partial charge in [0.25, 0.3) is 0 Å².